The van der Waals surface area contributed by atoms with Crippen molar-refractivity contribution in [1.82, 2.24) is 10.2 Å². The van der Waals surface area contributed by atoms with Gasteiger partial charge >= 0.3 is 0 Å². The van der Waals surface area contributed by atoms with Crippen molar-refractivity contribution in [3.8, 4) is 0 Å². The highest BCUT2D eigenvalue weighted by atomic mass is 32.2. The molecule has 180 valence electrons. The maximum atomic E-state index is 14.4. The first kappa shape index (κ1) is 26.3. The van der Waals surface area contributed by atoms with Crippen molar-refractivity contribution in [3.05, 3.63) is 65.5 Å². The second-order valence-corrected chi connectivity index (χ2v) is 10.5. The van der Waals surface area contributed by atoms with E-state index in [1.165, 1.54) is 23.1 Å². The molecule has 0 heterocycles. The maximum Gasteiger partial charge on any atom is 0.244 e. The van der Waals surface area contributed by atoms with Crippen LogP contribution in [-0.2, 0) is 26.2 Å². The normalized spacial score (nSPS) is 12.3. The summed E-state index contributed by atoms with van der Waals surface area (Å²) < 4.78 is 40.0. The number of rotatable bonds is 10. The van der Waals surface area contributed by atoms with Gasteiger partial charge in [-0.3, -0.25) is 13.9 Å². The Morgan fingerprint density at radius 2 is 1.64 bits per heavy atom. The molecule has 1 atom stereocenters. The fraction of sp³-hybridized carbons (Fsp3) is 0.417. The topological polar surface area (TPSA) is 86.8 Å². The van der Waals surface area contributed by atoms with Crippen LogP contribution in [0.3, 0.4) is 0 Å². The molecule has 0 aliphatic carbocycles. The molecule has 33 heavy (non-hydrogen) atoms. The summed E-state index contributed by atoms with van der Waals surface area (Å²) in [6.07, 6.45) is 0.913. The van der Waals surface area contributed by atoms with E-state index in [1.54, 1.807) is 6.92 Å². The molecule has 2 aromatic rings. The van der Waals surface area contributed by atoms with Crippen LogP contribution in [-0.4, -0.2) is 50.5 Å². The van der Waals surface area contributed by atoms with Gasteiger partial charge in [-0.15, -0.1) is 0 Å². The quantitative estimate of drug-likeness (QED) is 0.570. The highest BCUT2D eigenvalue weighted by Gasteiger charge is 2.30. The smallest absolute Gasteiger partial charge is 0.244 e. The first-order valence-electron chi connectivity index (χ1n) is 10.7. The molecule has 9 heteroatoms. The van der Waals surface area contributed by atoms with E-state index in [2.05, 4.69) is 5.32 Å². The first-order valence-corrected chi connectivity index (χ1v) is 12.6. The van der Waals surface area contributed by atoms with Crippen molar-refractivity contribution in [1.29, 1.82) is 0 Å². The van der Waals surface area contributed by atoms with Gasteiger partial charge in [0.25, 0.3) is 0 Å². The number of anilines is 1. The van der Waals surface area contributed by atoms with Crippen molar-refractivity contribution in [2.45, 2.75) is 40.3 Å². The molecule has 2 amide bonds. The van der Waals surface area contributed by atoms with E-state index in [4.69, 9.17) is 0 Å². The van der Waals surface area contributed by atoms with Gasteiger partial charge in [-0.1, -0.05) is 55.8 Å². The minimum absolute atomic E-state index is 0.101. The summed E-state index contributed by atoms with van der Waals surface area (Å²) in [6, 6.07) is 12.0. The predicted octanol–water partition coefficient (Wildman–Crippen LogP) is 3.09. The Labute approximate surface area is 195 Å². The van der Waals surface area contributed by atoms with Crippen LogP contribution in [0, 0.1) is 18.7 Å². The average Bonchev–Trinajstić information content (AvgIpc) is 2.74. The minimum atomic E-state index is -3.97. The Morgan fingerprint density at radius 3 is 2.18 bits per heavy atom. The SMILES string of the molecule is Cc1ccc(CN(C(=O)CN(c2ccccc2F)S(C)(=O)=O)[C@H](C)C(=O)NCC(C)C)cc1. The van der Waals surface area contributed by atoms with E-state index < -0.39 is 34.3 Å². The van der Waals surface area contributed by atoms with Gasteiger partial charge in [0.05, 0.1) is 11.9 Å². The number of para-hydroxylation sites is 1. The Bertz CT molecular complexity index is 1070. The molecular weight excluding hydrogens is 445 g/mol. The molecular formula is C24H32FN3O4S. The number of nitrogens with one attached hydrogen (secondary N) is 1. The summed E-state index contributed by atoms with van der Waals surface area (Å²) in [7, 11) is -3.97. The van der Waals surface area contributed by atoms with Crippen LogP contribution in [0.25, 0.3) is 0 Å². The second-order valence-electron chi connectivity index (χ2n) is 8.54. The molecule has 7 nitrogen and oxygen atoms in total. The van der Waals surface area contributed by atoms with Crippen molar-refractivity contribution >= 4 is 27.5 Å². The molecule has 0 saturated heterocycles. The lowest BCUT2D eigenvalue weighted by Gasteiger charge is -2.31. The number of carbonyl (C=O) groups excluding carboxylic acids is 2. The van der Waals surface area contributed by atoms with Crippen molar-refractivity contribution < 1.29 is 22.4 Å². The molecule has 0 saturated carbocycles. The lowest BCUT2D eigenvalue weighted by molar-refractivity contribution is -0.139. The van der Waals surface area contributed by atoms with E-state index >= 15 is 0 Å². The third kappa shape index (κ3) is 7.56. The van der Waals surface area contributed by atoms with Crippen LogP contribution in [0.4, 0.5) is 10.1 Å². The lowest BCUT2D eigenvalue weighted by Crippen LogP contribution is -2.51. The number of benzene rings is 2. The van der Waals surface area contributed by atoms with Gasteiger partial charge in [0.2, 0.25) is 21.8 Å². The van der Waals surface area contributed by atoms with E-state index in [1.807, 2.05) is 45.0 Å². The number of hydrogen-bond acceptors (Lipinski definition) is 4. The molecule has 0 aromatic heterocycles. The Kier molecular flexibility index (Phi) is 8.99. The fourth-order valence-corrected chi connectivity index (χ4v) is 4.02. The largest absolute Gasteiger partial charge is 0.354 e. The zero-order valence-electron chi connectivity index (χ0n) is 19.7. The summed E-state index contributed by atoms with van der Waals surface area (Å²) >= 11 is 0. The Hall–Kier alpha value is -2.94. The van der Waals surface area contributed by atoms with Gasteiger partial charge in [0, 0.05) is 13.1 Å². The van der Waals surface area contributed by atoms with Crippen LogP contribution in [0.1, 0.15) is 31.9 Å². The molecule has 0 unspecified atom stereocenters. The zero-order valence-corrected chi connectivity index (χ0v) is 20.5. The van der Waals surface area contributed by atoms with Gasteiger partial charge in [-0.2, -0.15) is 0 Å². The molecule has 0 aliphatic heterocycles. The van der Waals surface area contributed by atoms with Crippen molar-refractivity contribution in [3.63, 3.8) is 0 Å². The third-order valence-electron chi connectivity index (χ3n) is 5.13. The van der Waals surface area contributed by atoms with Gasteiger partial charge in [-0.25, -0.2) is 12.8 Å². The van der Waals surface area contributed by atoms with Crippen LogP contribution < -0.4 is 9.62 Å². The van der Waals surface area contributed by atoms with Gasteiger partial charge < -0.3 is 10.2 Å². The number of carbonyl (C=O) groups is 2. The molecule has 0 bridgehead atoms. The van der Waals surface area contributed by atoms with E-state index in [9.17, 15) is 22.4 Å². The van der Waals surface area contributed by atoms with Crippen molar-refractivity contribution in [2.24, 2.45) is 5.92 Å². The van der Waals surface area contributed by atoms with Crippen LogP contribution in [0.5, 0.6) is 0 Å². The molecule has 1 N–H and O–H groups in total. The van der Waals surface area contributed by atoms with Crippen LogP contribution in [0.2, 0.25) is 0 Å². The Balaban J connectivity index is 2.36. The zero-order chi connectivity index (χ0) is 24.8. The van der Waals surface area contributed by atoms with E-state index in [0.717, 1.165) is 27.8 Å². The molecule has 0 radical (unpaired) electrons. The number of hydrogen-bond donors (Lipinski definition) is 1. The van der Waals surface area contributed by atoms with E-state index in [-0.39, 0.29) is 24.1 Å². The predicted molar refractivity (Wildman–Crippen MR) is 128 cm³/mol. The number of aryl methyl sites for hydroxylation is 1. The summed E-state index contributed by atoms with van der Waals surface area (Å²) in [6.45, 7) is 7.36. The average molecular weight is 478 g/mol. The molecule has 0 aliphatic rings. The lowest BCUT2D eigenvalue weighted by atomic mass is 10.1. The maximum absolute atomic E-state index is 14.4. The van der Waals surface area contributed by atoms with Crippen LogP contribution >= 0.6 is 0 Å². The van der Waals surface area contributed by atoms with Gasteiger partial charge in [0.15, 0.2) is 0 Å². The highest BCUT2D eigenvalue weighted by molar-refractivity contribution is 7.92. The minimum Gasteiger partial charge on any atom is -0.354 e. The van der Waals surface area contributed by atoms with E-state index in [0.29, 0.717) is 6.54 Å². The Morgan fingerprint density at radius 1 is 1.03 bits per heavy atom. The van der Waals surface area contributed by atoms with Gasteiger partial charge in [0.1, 0.15) is 18.4 Å². The monoisotopic (exact) mass is 477 g/mol. The number of nitrogens with zero attached hydrogens (tertiary/aromatic N) is 2. The van der Waals surface area contributed by atoms with Gasteiger partial charge in [-0.05, 0) is 37.5 Å². The number of amides is 2. The first-order chi connectivity index (χ1) is 15.4. The summed E-state index contributed by atoms with van der Waals surface area (Å²) in [5, 5.41) is 2.81. The summed E-state index contributed by atoms with van der Waals surface area (Å²) in [5.41, 5.74) is 1.61. The second kappa shape index (κ2) is 11.3. The molecule has 2 aromatic carbocycles. The molecule has 2 rings (SSSR count). The molecule has 0 spiro atoms. The number of sulfonamides is 1. The van der Waals surface area contributed by atoms with Crippen LogP contribution in [0.15, 0.2) is 48.5 Å². The molecule has 0 fully saturated rings. The number of halogens is 1. The standard InChI is InChI=1S/C24H32FN3O4S/c1-17(2)14-26-24(30)19(4)27(15-20-12-10-18(3)11-13-20)23(29)16-28(33(5,31)32)22-9-7-6-8-21(22)25/h6-13,17,19H,14-16H2,1-5H3,(H,26,30)/t19-/m1/s1. The summed E-state index contributed by atoms with van der Waals surface area (Å²) in [4.78, 5) is 27.4. The third-order valence-corrected chi connectivity index (χ3v) is 6.25. The van der Waals surface area contributed by atoms with Crippen molar-refractivity contribution in [2.75, 3.05) is 23.7 Å². The summed E-state index contributed by atoms with van der Waals surface area (Å²) in [5.74, 6) is -1.50. The highest BCUT2D eigenvalue weighted by Crippen LogP contribution is 2.22. The fourth-order valence-electron chi connectivity index (χ4n) is 3.17.